The van der Waals surface area contributed by atoms with E-state index in [1.807, 2.05) is 66.7 Å². The lowest BCUT2D eigenvalue weighted by atomic mass is 10.1. The number of carbonyl (C=O) groups is 1. The largest absolute Gasteiger partial charge is 0.334 e. The molecule has 7 nitrogen and oxygen atoms in total. The number of amides is 2. The molecule has 7 heteroatoms. The molecule has 0 aliphatic heterocycles. The summed E-state index contributed by atoms with van der Waals surface area (Å²) in [5.74, 6) is 0. The number of fused-ring (bicyclic) bond motifs is 1. The molecule has 30 heavy (non-hydrogen) atoms. The molecule has 0 atom stereocenters. The highest BCUT2D eigenvalue weighted by atomic mass is 16.2. The van der Waals surface area contributed by atoms with Gasteiger partial charge in [-0.2, -0.15) is 5.10 Å². The van der Waals surface area contributed by atoms with Crippen LogP contribution in [0.4, 0.5) is 4.79 Å². The molecule has 0 spiro atoms. The van der Waals surface area contributed by atoms with Crippen LogP contribution in [0.25, 0.3) is 10.8 Å². The van der Waals surface area contributed by atoms with E-state index in [2.05, 4.69) is 20.7 Å². The highest BCUT2D eigenvalue weighted by molar-refractivity contribution is 5.84. The van der Waals surface area contributed by atoms with Gasteiger partial charge in [-0.15, -0.1) is 0 Å². The smallest absolute Gasteiger partial charge is 0.315 e. The third-order valence-electron chi connectivity index (χ3n) is 4.69. The maximum atomic E-state index is 12.9. The van der Waals surface area contributed by atoms with E-state index in [1.54, 1.807) is 12.3 Å². The lowest BCUT2D eigenvalue weighted by Gasteiger charge is -2.12. The van der Waals surface area contributed by atoms with Crippen LogP contribution in [0.5, 0.6) is 0 Å². The quantitative estimate of drug-likeness (QED) is 0.522. The van der Waals surface area contributed by atoms with E-state index in [4.69, 9.17) is 0 Å². The van der Waals surface area contributed by atoms with Gasteiger partial charge in [0.25, 0.3) is 5.56 Å². The second kappa shape index (κ2) is 9.00. The highest BCUT2D eigenvalue weighted by Gasteiger charge is 2.12. The summed E-state index contributed by atoms with van der Waals surface area (Å²) in [7, 11) is 0. The van der Waals surface area contributed by atoms with Gasteiger partial charge >= 0.3 is 6.03 Å². The first-order valence-electron chi connectivity index (χ1n) is 9.65. The lowest BCUT2D eigenvalue weighted by Crippen LogP contribution is -2.35. The van der Waals surface area contributed by atoms with Crippen LogP contribution in [0.2, 0.25) is 0 Å². The van der Waals surface area contributed by atoms with Crippen molar-refractivity contribution in [3.63, 3.8) is 0 Å². The van der Waals surface area contributed by atoms with Crippen molar-refractivity contribution in [1.82, 2.24) is 25.4 Å². The first-order valence-corrected chi connectivity index (χ1v) is 9.65. The summed E-state index contributed by atoms with van der Waals surface area (Å²) in [5, 5.41) is 11.4. The van der Waals surface area contributed by atoms with Crippen LogP contribution in [0.1, 0.15) is 17.0 Å². The molecule has 150 valence electrons. The number of rotatable bonds is 6. The van der Waals surface area contributed by atoms with E-state index in [0.29, 0.717) is 17.6 Å². The molecule has 2 heterocycles. The van der Waals surface area contributed by atoms with Crippen LogP contribution in [0, 0.1) is 0 Å². The fourth-order valence-corrected chi connectivity index (χ4v) is 3.19. The van der Waals surface area contributed by atoms with Gasteiger partial charge in [-0.05, 0) is 23.8 Å². The third-order valence-corrected chi connectivity index (χ3v) is 4.69. The zero-order valence-electron chi connectivity index (χ0n) is 16.3. The molecule has 2 N–H and O–H groups in total. The SMILES string of the molecule is O=C(NCc1ccccc1)NCc1nn(Cc2ccccn2)c(=O)c2ccccc12. The number of urea groups is 1. The summed E-state index contributed by atoms with van der Waals surface area (Å²) in [5.41, 5.74) is 2.19. The lowest BCUT2D eigenvalue weighted by molar-refractivity contribution is 0.240. The first-order chi connectivity index (χ1) is 14.7. The molecule has 0 saturated carbocycles. The van der Waals surface area contributed by atoms with Crippen molar-refractivity contribution in [2.45, 2.75) is 19.6 Å². The molecule has 0 fully saturated rings. The summed E-state index contributed by atoms with van der Waals surface area (Å²) in [6.07, 6.45) is 1.68. The second-order valence-corrected chi connectivity index (χ2v) is 6.80. The monoisotopic (exact) mass is 399 g/mol. The van der Waals surface area contributed by atoms with E-state index in [-0.39, 0.29) is 24.7 Å². The highest BCUT2D eigenvalue weighted by Crippen LogP contribution is 2.13. The van der Waals surface area contributed by atoms with Crippen LogP contribution in [-0.4, -0.2) is 20.8 Å². The molecule has 2 amide bonds. The maximum Gasteiger partial charge on any atom is 0.315 e. The Balaban J connectivity index is 1.53. The summed E-state index contributed by atoms with van der Waals surface area (Å²) in [4.78, 5) is 29.4. The molecule has 0 bridgehead atoms. The molecule has 0 saturated heterocycles. The molecule has 0 unspecified atom stereocenters. The van der Waals surface area contributed by atoms with Gasteiger partial charge in [-0.1, -0.05) is 54.6 Å². The van der Waals surface area contributed by atoms with Gasteiger partial charge in [0.1, 0.15) is 0 Å². The van der Waals surface area contributed by atoms with Crippen molar-refractivity contribution in [2.24, 2.45) is 0 Å². The van der Waals surface area contributed by atoms with E-state index >= 15 is 0 Å². The molecule has 4 rings (SSSR count). The Kier molecular flexibility index (Phi) is 5.80. The average molecular weight is 399 g/mol. The second-order valence-electron chi connectivity index (χ2n) is 6.80. The number of aromatic nitrogens is 3. The molecule has 0 aliphatic rings. The molecule has 2 aromatic carbocycles. The molecular formula is C23H21N5O2. The summed E-state index contributed by atoms with van der Waals surface area (Å²) in [6, 6.07) is 22.2. The van der Waals surface area contributed by atoms with Crippen LogP contribution in [0.3, 0.4) is 0 Å². The Bertz CT molecular complexity index is 1210. The average Bonchev–Trinajstić information content (AvgIpc) is 2.80. The number of hydrogen-bond donors (Lipinski definition) is 2. The fourth-order valence-electron chi connectivity index (χ4n) is 3.19. The summed E-state index contributed by atoms with van der Waals surface area (Å²) >= 11 is 0. The van der Waals surface area contributed by atoms with Crippen molar-refractivity contribution < 1.29 is 4.79 Å². The van der Waals surface area contributed by atoms with E-state index in [1.165, 1.54) is 4.68 Å². The van der Waals surface area contributed by atoms with Crippen LogP contribution in [0.15, 0.2) is 83.8 Å². The summed E-state index contributed by atoms with van der Waals surface area (Å²) in [6.45, 7) is 0.890. The van der Waals surface area contributed by atoms with Crippen LogP contribution in [-0.2, 0) is 19.6 Å². The molecule has 2 aromatic heterocycles. The van der Waals surface area contributed by atoms with Gasteiger partial charge in [0.2, 0.25) is 0 Å². The van der Waals surface area contributed by atoms with Crippen molar-refractivity contribution in [2.75, 3.05) is 0 Å². The third kappa shape index (κ3) is 4.52. The van der Waals surface area contributed by atoms with Gasteiger partial charge in [-0.25, -0.2) is 9.48 Å². The van der Waals surface area contributed by atoms with E-state index in [9.17, 15) is 9.59 Å². The zero-order chi connectivity index (χ0) is 20.8. The maximum absolute atomic E-state index is 12.9. The number of benzene rings is 2. The zero-order valence-corrected chi connectivity index (χ0v) is 16.3. The van der Waals surface area contributed by atoms with Crippen LogP contribution < -0.4 is 16.2 Å². The minimum atomic E-state index is -0.299. The topological polar surface area (TPSA) is 88.9 Å². The summed E-state index contributed by atoms with van der Waals surface area (Å²) < 4.78 is 1.39. The van der Waals surface area contributed by atoms with Gasteiger partial charge in [0.05, 0.1) is 29.9 Å². The van der Waals surface area contributed by atoms with Crippen molar-refractivity contribution in [1.29, 1.82) is 0 Å². The Hall–Kier alpha value is -4.00. The number of pyridine rings is 1. The van der Waals surface area contributed by atoms with Crippen molar-refractivity contribution >= 4 is 16.8 Å². The molecule has 0 aliphatic carbocycles. The Morgan fingerprint density at radius 2 is 1.53 bits per heavy atom. The van der Waals surface area contributed by atoms with E-state index < -0.39 is 0 Å². The number of nitrogens with zero attached hydrogens (tertiary/aromatic N) is 3. The number of carbonyl (C=O) groups excluding carboxylic acids is 1. The predicted octanol–water partition coefficient (Wildman–Crippen LogP) is 2.84. The number of nitrogens with one attached hydrogen (secondary N) is 2. The minimum absolute atomic E-state index is 0.187. The van der Waals surface area contributed by atoms with E-state index in [0.717, 1.165) is 16.6 Å². The van der Waals surface area contributed by atoms with Gasteiger partial charge in [0.15, 0.2) is 0 Å². The Morgan fingerprint density at radius 1 is 0.833 bits per heavy atom. The minimum Gasteiger partial charge on any atom is -0.334 e. The fraction of sp³-hybridized carbons (Fsp3) is 0.130. The van der Waals surface area contributed by atoms with Gasteiger partial charge in [0, 0.05) is 18.1 Å². The van der Waals surface area contributed by atoms with Crippen LogP contribution >= 0.6 is 0 Å². The predicted molar refractivity (Wildman–Crippen MR) is 115 cm³/mol. The Labute approximate surface area is 173 Å². The molecule has 4 aromatic rings. The van der Waals surface area contributed by atoms with Gasteiger partial charge in [-0.3, -0.25) is 9.78 Å². The van der Waals surface area contributed by atoms with Crippen molar-refractivity contribution in [3.05, 3.63) is 106 Å². The standard InChI is InChI=1S/C23H21N5O2/c29-22-20-12-5-4-11-19(20)21(27-28(22)16-18-10-6-7-13-24-18)15-26-23(30)25-14-17-8-2-1-3-9-17/h1-13H,14-16H2,(H2,25,26,30). The normalized spacial score (nSPS) is 10.7. The van der Waals surface area contributed by atoms with Crippen molar-refractivity contribution in [3.8, 4) is 0 Å². The Morgan fingerprint density at radius 3 is 2.30 bits per heavy atom. The first kappa shape index (κ1) is 19.3. The molecular weight excluding hydrogens is 378 g/mol. The van der Waals surface area contributed by atoms with Gasteiger partial charge < -0.3 is 10.6 Å². The molecule has 0 radical (unpaired) electrons. The number of hydrogen-bond acceptors (Lipinski definition) is 4.